The van der Waals surface area contributed by atoms with E-state index in [-0.39, 0.29) is 34.8 Å². The van der Waals surface area contributed by atoms with Crippen molar-refractivity contribution in [2.45, 2.75) is 45.7 Å². The van der Waals surface area contributed by atoms with Crippen molar-refractivity contribution in [1.29, 1.82) is 5.26 Å². The van der Waals surface area contributed by atoms with Crippen molar-refractivity contribution in [3.63, 3.8) is 0 Å². The first kappa shape index (κ1) is 26.5. The number of halogens is 1. The molecule has 10 nitrogen and oxygen atoms in total. The summed E-state index contributed by atoms with van der Waals surface area (Å²) in [6, 6.07) is 11.3. The van der Waals surface area contributed by atoms with Crippen molar-refractivity contribution in [1.82, 2.24) is 14.0 Å². The Morgan fingerprint density at radius 2 is 1.79 bits per heavy atom. The fraction of sp³-hybridized carbons (Fsp3) is 0.393. The molecule has 5 rings (SSSR count). The number of fused-ring (bicyclic) bond motifs is 1. The van der Waals surface area contributed by atoms with Gasteiger partial charge in [0.15, 0.2) is 0 Å². The second-order valence-corrected chi connectivity index (χ2v) is 10.5. The Kier molecular flexibility index (Phi) is 7.44. The Hall–Kier alpha value is -4.10. The molecule has 39 heavy (non-hydrogen) atoms. The minimum Gasteiger partial charge on any atom is -0.326 e. The van der Waals surface area contributed by atoms with Crippen LogP contribution >= 0.6 is 11.6 Å². The highest BCUT2D eigenvalue weighted by molar-refractivity contribution is 6.32. The standard InChI is InChI=1S/C28H29ClN6O4/c1-2-34-24-10-9-20(12-22(24)26(37)35(28(34)39)15-17-5-6-17)32-27(38)33-11-3-4-19(16-33)25(36)31-21-8-7-18(14-30)23(29)13-21/h7-10,12-13,17,19H,2-6,11,15-16H2,1H3,(H,31,36)(H,32,38). The third kappa shape index (κ3) is 5.54. The highest BCUT2D eigenvalue weighted by Crippen LogP contribution is 2.30. The molecule has 1 atom stereocenters. The van der Waals surface area contributed by atoms with E-state index < -0.39 is 5.92 Å². The van der Waals surface area contributed by atoms with Gasteiger partial charge in [-0.25, -0.2) is 9.59 Å². The highest BCUT2D eigenvalue weighted by atomic mass is 35.5. The van der Waals surface area contributed by atoms with Crippen molar-refractivity contribution in [2.24, 2.45) is 11.8 Å². The van der Waals surface area contributed by atoms with E-state index in [1.165, 1.54) is 10.6 Å². The molecule has 1 saturated heterocycles. The molecule has 0 spiro atoms. The van der Waals surface area contributed by atoms with E-state index in [0.29, 0.717) is 66.2 Å². The van der Waals surface area contributed by atoms with Gasteiger partial charge in [-0.1, -0.05) is 11.6 Å². The third-order valence-corrected chi connectivity index (χ3v) is 7.68. The molecule has 1 aliphatic carbocycles. The minimum absolute atomic E-state index is 0.229. The van der Waals surface area contributed by atoms with Crippen molar-refractivity contribution < 1.29 is 9.59 Å². The number of piperidine rings is 1. The number of hydrogen-bond acceptors (Lipinski definition) is 5. The highest BCUT2D eigenvalue weighted by Gasteiger charge is 2.29. The van der Waals surface area contributed by atoms with Crippen LogP contribution in [0.4, 0.5) is 16.2 Å². The van der Waals surface area contributed by atoms with Crippen molar-refractivity contribution >= 4 is 45.8 Å². The van der Waals surface area contributed by atoms with E-state index in [9.17, 15) is 19.2 Å². The van der Waals surface area contributed by atoms with Gasteiger partial charge in [-0.3, -0.25) is 18.7 Å². The summed E-state index contributed by atoms with van der Waals surface area (Å²) < 4.78 is 2.89. The van der Waals surface area contributed by atoms with Gasteiger partial charge < -0.3 is 15.5 Å². The molecule has 1 unspecified atom stereocenters. The van der Waals surface area contributed by atoms with Gasteiger partial charge in [0, 0.05) is 37.6 Å². The average molecular weight is 549 g/mol. The van der Waals surface area contributed by atoms with Crippen LogP contribution in [0.5, 0.6) is 0 Å². The lowest BCUT2D eigenvalue weighted by Gasteiger charge is -2.32. The summed E-state index contributed by atoms with van der Waals surface area (Å²) >= 11 is 6.07. The van der Waals surface area contributed by atoms with Crippen LogP contribution in [-0.4, -0.2) is 39.1 Å². The van der Waals surface area contributed by atoms with Gasteiger partial charge in [-0.05, 0) is 74.9 Å². The predicted octanol–water partition coefficient (Wildman–Crippen LogP) is 4.00. The van der Waals surface area contributed by atoms with Crippen molar-refractivity contribution in [3.8, 4) is 6.07 Å². The van der Waals surface area contributed by atoms with Gasteiger partial charge in [-0.2, -0.15) is 5.26 Å². The van der Waals surface area contributed by atoms with Gasteiger partial charge in [0.1, 0.15) is 6.07 Å². The largest absolute Gasteiger partial charge is 0.331 e. The molecule has 11 heteroatoms. The second kappa shape index (κ2) is 10.9. The number of nitrogens with one attached hydrogen (secondary N) is 2. The molecule has 202 valence electrons. The number of anilines is 2. The monoisotopic (exact) mass is 548 g/mol. The van der Waals surface area contributed by atoms with E-state index in [4.69, 9.17) is 16.9 Å². The molecule has 0 bridgehead atoms. The smallest absolute Gasteiger partial charge is 0.326 e. The maximum Gasteiger partial charge on any atom is 0.331 e. The molecule has 2 heterocycles. The summed E-state index contributed by atoms with van der Waals surface area (Å²) in [4.78, 5) is 53.7. The van der Waals surface area contributed by atoms with E-state index in [0.717, 1.165) is 12.8 Å². The van der Waals surface area contributed by atoms with Gasteiger partial charge in [0.2, 0.25) is 5.91 Å². The number of carbonyl (C=O) groups is 2. The lowest BCUT2D eigenvalue weighted by molar-refractivity contribution is -0.121. The molecule has 1 aliphatic heterocycles. The summed E-state index contributed by atoms with van der Waals surface area (Å²) in [5.74, 6) is -0.281. The Bertz CT molecular complexity index is 1620. The molecule has 0 radical (unpaired) electrons. The summed E-state index contributed by atoms with van der Waals surface area (Å²) in [6.45, 7) is 3.43. The van der Waals surface area contributed by atoms with Gasteiger partial charge in [-0.15, -0.1) is 0 Å². The van der Waals surface area contributed by atoms with Gasteiger partial charge in [0.05, 0.1) is 27.4 Å². The molecule has 2 N–H and O–H groups in total. The zero-order valence-corrected chi connectivity index (χ0v) is 22.3. The maximum atomic E-state index is 13.2. The zero-order chi connectivity index (χ0) is 27.7. The van der Waals surface area contributed by atoms with E-state index in [1.54, 1.807) is 39.8 Å². The van der Waals surface area contributed by atoms with Crippen LogP contribution in [0.1, 0.15) is 38.2 Å². The Balaban J connectivity index is 1.30. The summed E-state index contributed by atoms with van der Waals surface area (Å²) in [5, 5.41) is 15.3. The molecule has 2 aliphatic rings. The predicted molar refractivity (Wildman–Crippen MR) is 149 cm³/mol. The number of amides is 3. The number of benzene rings is 2. The number of carbonyl (C=O) groups excluding carboxylic acids is 2. The number of likely N-dealkylation sites (tertiary alicyclic amines) is 1. The fourth-order valence-corrected chi connectivity index (χ4v) is 5.26. The molecule has 2 fully saturated rings. The van der Waals surface area contributed by atoms with Crippen molar-refractivity contribution in [2.75, 3.05) is 23.7 Å². The Morgan fingerprint density at radius 3 is 2.49 bits per heavy atom. The molecule has 2 aromatic carbocycles. The van der Waals surface area contributed by atoms with Crippen LogP contribution in [0.25, 0.3) is 10.9 Å². The molecular formula is C28H29ClN6O4. The molecule has 1 aromatic heterocycles. The average Bonchev–Trinajstić information content (AvgIpc) is 3.76. The SMILES string of the molecule is CCn1c(=O)n(CC2CC2)c(=O)c2cc(NC(=O)N3CCCC(C(=O)Nc4ccc(C#N)c(Cl)c4)C3)ccc21. The van der Waals surface area contributed by atoms with Crippen LogP contribution in [-0.2, 0) is 17.9 Å². The van der Waals surface area contributed by atoms with Crippen LogP contribution in [0.3, 0.4) is 0 Å². The van der Waals surface area contributed by atoms with Crippen LogP contribution in [0.2, 0.25) is 5.02 Å². The molecule has 3 aromatic rings. The Morgan fingerprint density at radius 1 is 1.05 bits per heavy atom. The third-order valence-electron chi connectivity index (χ3n) is 7.37. The maximum absolute atomic E-state index is 13.2. The first-order valence-electron chi connectivity index (χ1n) is 13.1. The number of rotatable bonds is 6. The van der Waals surface area contributed by atoms with Crippen LogP contribution in [0, 0.1) is 23.2 Å². The lowest BCUT2D eigenvalue weighted by atomic mass is 9.97. The van der Waals surface area contributed by atoms with Crippen LogP contribution in [0.15, 0.2) is 46.0 Å². The number of nitrogens with zero attached hydrogens (tertiary/aromatic N) is 4. The fourth-order valence-electron chi connectivity index (χ4n) is 5.03. The minimum atomic E-state index is -0.413. The summed E-state index contributed by atoms with van der Waals surface area (Å²) in [5.41, 5.74) is 1.14. The number of hydrogen-bond donors (Lipinski definition) is 2. The van der Waals surface area contributed by atoms with E-state index in [1.807, 2.05) is 13.0 Å². The number of aromatic nitrogens is 2. The first-order chi connectivity index (χ1) is 18.8. The normalized spacial score (nSPS) is 17.1. The zero-order valence-electron chi connectivity index (χ0n) is 21.6. The number of nitriles is 1. The molecule has 3 amide bonds. The van der Waals surface area contributed by atoms with Gasteiger partial charge in [0.25, 0.3) is 5.56 Å². The van der Waals surface area contributed by atoms with Crippen LogP contribution < -0.4 is 21.9 Å². The first-order valence-corrected chi connectivity index (χ1v) is 13.5. The molecule has 1 saturated carbocycles. The second-order valence-electron chi connectivity index (χ2n) is 10.1. The number of urea groups is 1. The summed E-state index contributed by atoms with van der Waals surface area (Å²) in [7, 11) is 0. The lowest BCUT2D eigenvalue weighted by Crippen LogP contribution is -2.45. The van der Waals surface area contributed by atoms with E-state index in [2.05, 4.69) is 10.6 Å². The Labute approximate surface area is 229 Å². The number of aryl methyl sites for hydroxylation is 1. The quantitative estimate of drug-likeness (QED) is 0.481. The molecular weight excluding hydrogens is 520 g/mol. The van der Waals surface area contributed by atoms with Gasteiger partial charge >= 0.3 is 11.7 Å². The van der Waals surface area contributed by atoms with E-state index >= 15 is 0 Å². The van der Waals surface area contributed by atoms with Crippen molar-refractivity contribution in [3.05, 3.63) is 67.8 Å². The topological polar surface area (TPSA) is 129 Å². The summed E-state index contributed by atoms with van der Waals surface area (Å²) in [6.07, 6.45) is 3.32.